The molecular weight excluding hydrogens is 406 g/mol. The van der Waals surface area contributed by atoms with Crippen molar-refractivity contribution in [1.82, 2.24) is 9.97 Å². The van der Waals surface area contributed by atoms with Crippen molar-refractivity contribution in [3.05, 3.63) is 43.8 Å². The van der Waals surface area contributed by atoms with Gasteiger partial charge in [-0.1, -0.05) is 17.7 Å². The summed E-state index contributed by atoms with van der Waals surface area (Å²) < 4.78 is 7.22. The van der Waals surface area contributed by atoms with Gasteiger partial charge in [-0.3, -0.25) is 0 Å². The summed E-state index contributed by atoms with van der Waals surface area (Å²) in [6.07, 6.45) is 1.36. The Labute approximate surface area is 119 Å². The summed E-state index contributed by atoms with van der Waals surface area (Å²) in [5.41, 5.74) is 0. The van der Waals surface area contributed by atoms with E-state index in [1.54, 1.807) is 0 Å². The molecule has 0 bridgehead atoms. The minimum absolute atomic E-state index is 0.329. The summed E-state index contributed by atoms with van der Waals surface area (Å²) >= 11 is 11.3. The van der Waals surface area contributed by atoms with Crippen molar-refractivity contribution < 1.29 is 4.74 Å². The Hall–Kier alpha value is -0.400. The van der Waals surface area contributed by atoms with Crippen molar-refractivity contribution in [2.45, 2.75) is 0 Å². The van der Waals surface area contributed by atoms with Gasteiger partial charge >= 0.3 is 0 Å². The molecule has 6 heteroatoms. The van der Waals surface area contributed by atoms with Crippen molar-refractivity contribution in [2.24, 2.45) is 0 Å². The fraction of sp³-hybridized carbons (Fsp3) is 0. The van der Waals surface area contributed by atoms with Crippen molar-refractivity contribution in [1.29, 1.82) is 0 Å². The Morgan fingerprint density at radius 3 is 2.88 bits per heavy atom. The molecule has 0 saturated heterocycles. The highest BCUT2D eigenvalue weighted by Gasteiger charge is 2.08. The second-order valence-corrected chi connectivity index (χ2v) is 5.24. The first-order chi connectivity index (χ1) is 7.66. The zero-order valence-electron chi connectivity index (χ0n) is 7.82. The SMILES string of the molecule is Clc1ncnc(Oc2cccc(I)c2)c1Br. The summed E-state index contributed by atoms with van der Waals surface area (Å²) in [4.78, 5) is 7.82. The Kier molecular flexibility index (Phi) is 3.99. The van der Waals surface area contributed by atoms with Gasteiger partial charge in [-0.05, 0) is 56.7 Å². The van der Waals surface area contributed by atoms with Crippen LogP contribution in [0, 0.1) is 3.57 Å². The molecule has 3 nitrogen and oxygen atoms in total. The first-order valence-corrected chi connectivity index (χ1v) is 6.51. The van der Waals surface area contributed by atoms with Gasteiger partial charge in [0, 0.05) is 3.57 Å². The average Bonchev–Trinajstić information content (AvgIpc) is 2.25. The Balaban J connectivity index is 2.31. The van der Waals surface area contributed by atoms with Gasteiger partial charge < -0.3 is 4.74 Å². The molecule has 0 radical (unpaired) electrons. The van der Waals surface area contributed by atoms with Gasteiger partial charge in [0.05, 0.1) is 0 Å². The smallest absolute Gasteiger partial charge is 0.238 e. The maximum absolute atomic E-state index is 5.83. The number of benzene rings is 1. The Morgan fingerprint density at radius 1 is 1.31 bits per heavy atom. The van der Waals surface area contributed by atoms with Crippen LogP contribution in [0.4, 0.5) is 0 Å². The molecule has 1 heterocycles. The highest BCUT2D eigenvalue weighted by atomic mass is 127. The molecule has 1 aromatic carbocycles. The molecule has 0 N–H and O–H groups in total. The van der Waals surface area contributed by atoms with Crippen LogP contribution in [-0.2, 0) is 0 Å². The fourth-order valence-electron chi connectivity index (χ4n) is 1.05. The lowest BCUT2D eigenvalue weighted by Crippen LogP contribution is -1.91. The van der Waals surface area contributed by atoms with Gasteiger partial charge in [0.15, 0.2) is 5.15 Å². The summed E-state index contributed by atoms with van der Waals surface area (Å²) in [5, 5.41) is 0.329. The number of halogens is 3. The minimum Gasteiger partial charge on any atom is -0.438 e. The topological polar surface area (TPSA) is 35.0 Å². The lowest BCUT2D eigenvalue weighted by molar-refractivity contribution is 0.458. The number of hydrogen-bond acceptors (Lipinski definition) is 3. The lowest BCUT2D eigenvalue weighted by atomic mass is 10.3. The van der Waals surface area contributed by atoms with Crippen LogP contribution in [0.15, 0.2) is 35.1 Å². The lowest BCUT2D eigenvalue weighted by Gasteiger charge is -2.06. The molecule has 1 aromatic heterocycles. The molecule has 0 atom stereocenters. The van der Waals surface area contributed by atoms with E-state index in [0.717, 1.165) is 3.57 Å². The van der Waals surface area contributed by atoms with Crippen LogP contribution in [-0.4, -0.2) is 9.97 Å². The van der Waals surface area contributed by atoms with E-state index in [4.69, 9.17) is 16.3 Å². The predicted molar refractivity (Wildman–Crippen MR) is 74.0 cm³/mol. The molecule has 0 amide bonds. The minimum atomic E-state index is 0.329. The van der Waals surface area contributed by atoms with Crippen LogP contribution in [0.1, 0.15) is 0 Å². The van der Waals surface area contributed by atoms with Crippen LogP contribution < -0.4 is 4.74 Å². The van der Waals surface area contributed by atoms with E-state index in [1.807, 2.05) is 24.3 Å². The van der Waals surface area contributed by atoms with E-state index in [9.17, 15) is 0 Å². The fourth-order valence-corrected chi connectivity index (χ4v) is 1.97. The highest BCUT2D eigenvalue weighted by Crippen LogP contribution is 2.31. The van der Waals surface area contributed by atoms with E-state index in [-0.39, 0.29) is 0 Å². The van der Waals surface area contributed by atoms with Gasteiger partial charge in [-0.25, -0.2) is 9.97 Å². The Bertz CT molecular complexity index is 524. The third-order valence-electron chi connectivity index (χ3n) is 1.73. The Morgan fingerprint density at radius 2 is 2.12 bits per heavy atom. The third-order valence-corrected chi connectivity index (χ3v) is 3.63. The van der Waals surface area contributed by atoms with Crippen molar-refractivity contribution in [2.75, 3.05) is 0 Å². The first kappa shape index (κ1) is 12.1. The van der Waals surface area contributed by atoms with Crippen molar-refractivity contribution >= 4 is 50.1 Å². The van der Waals surface area contributed by atoms with E-state index >= 15 is 0 Å². The van der Waals surface area contributed by atoms with Crippen LogP contribution >= 0.6 is 50.1 Å². The molecule has 2 aromatic rings. The summed E-state index contributed by atoms with van der Waals surface area (Å²) in [6.45, 7) is 0. The first-order valence-electron chi connectivity index (χ1n) is 4.26. The molecular formula is C10H5BrClIN2O. The standard InChI is InChI=1S/C10H5BrClIN2O/c11-8-9(12)14-5-15-10(8)16-7-3-1-2-6(13)4-7/h1-5H. The van der Waals surface area contributed by atoms with E-state index in [2.05, 4.69) is 48.5 Å². The molecule has 82 valence electrons. The predicted octanol–water partition coefficient (Wildman–Crippen LogP) is 4.29. The van der Waals surface area contributed by atoms with Crippen LogP contribution in [0.3, 0.4) is 0 Å². The molecule has 0 aliphatic rings. The number of hydrogen-bond donors (Lipinski definition) is 0. The van der Waals surface area contributed by atoms with Crippen molar-refractivity contribution in [3.8, 4) is 11.6 Å². The van der Waals surface area contributed by atoms with E-state index in [1.165, 1.54) is 6.33 Å². The normalized spacial score (nSPS) is 10.2. The number of nitrogens with zero attached hydrogens (tertiary/aromatic N) is 2. The molecule has 0 spiro atoms. The van der Waals surface area contributed by atoms with Crippen LogP contribution in [0.25, 0.3) is 0 Å². The number of rotatable bonds is 2. The quantitative estimate of drug-likeness (QED) is 0.546. The van der Waals surface area contributed by atoms with Gasteiger partial charge in [0.2, 0.25) is 5.88 Å². The molecule has 0 aliphatic carbocycles. The highest BCUT2D eigenvalue weighted by molar-refractivity contribution is 14.1. The largest absolute Gasteiger partial charge is 0.438 e. The van der Waals surface area contributed by atoms with Crippen molar-refractivity contribution in [3.63, 3.8) is 0 Å². The van der Waals surface area contributed by atoms with Crippen LogP contribution in [0.5, 0.6) is 11.6 Å². The van der Waals surface area contributed by atoms with E-state index in [0.29, 0.717) is 21.3 Å². The zero-order valence-corrected chi connectivity index (χ0v) is 12.3. The number of aromatic nitrogens is 2. The summed E-state index contributed by atoms with van der Waals surface area (Å²) in [6, 6.07) is 7.65. The third kappa shape index (κ3) is 2.83. The molecule has 0 aliphatic heterocycles. The van der Waals surface area contributed by atoms with Gasteiger partial charge in [0.25, 0.3) is 0 Å². The second kappa shape index (κ2) is 5.29. The van der Waals surface area contributed by atoms with E-state index < -0.39 is 0 Å². The maximum Gasteiger partial charge on any atom is 0.238 e. The molecule has 0 unspecified atom stereocenters. The van der Waals surface area contributed by atoms with Crippen LogP contribution in [0.2, 0.25) is 5.15 Å². The monoisotopic (exact) mass is 410 g/mol. The zero-order chi connectivity index (χ0) is 11.5. The van der Waals surface area contributed by atoms with Gasteiger partial charge in [-0.2, -0.15) is 0 Å². The van der Waals surface area contributed by atoms with Gasteiger partial charge in [-0.15, -0.1) is 0 Å². The summed E-state index contributed by atoms with van der Waals surface area (Å²) in [5.74, 6) is 1.12. The molecule has 2 rings (SSSR count). The molecule has 0 saturated carbocycles. The number of ether oxygens (including phenoxy) is 1. The maximum atomic E-state index is 5.83. The second-order valence-electron chi connectivity index (χ2n) is 2.84. The molecule has 16 heavy (non-hydrogen) atoms. The average molecular weight is 411 g/mol. The molecule has 0 fully saturated rings. The summed E-state index contributed by atoms with van der Waals surface area (Å²) in [7, 11) is 0. The van der Waals surface area contributed by atoms with Gasteiger partial charge in [0.1, 0.15) is 16.5 Å².